The molecular weight excluding hydrogens is 250 g/mol. The fourth-order valence-electron chi connectivity index (χ4n) is 2.88. The van der Waals surface area contributed by atoms with Crippen LogP contribution in [0.25, 0.3) is 0 Å². The lowest BCUT2D eigenvalue weighted by molar-refractivity contribution is -0.152. The zero-order chi connectivity index (χ0) is 13.3. The van der Waals surface area contributed by atoms with Gasteiger partial charge in [0.05, 0.1) is 7.11 Å². The topological polar surface area (TPSA) is 49.8 Å². The van der Waals surface area contributed by atoms with Gasteiger partial charge in [0.25, 0.3) is 0 Å². The van der Waals surface area contributed by atoms with Crippen LogP contribution in [0.1, 0.15) is 24.3 Å². The SMILES string of the molecule is COC(=O)[C@@]1(C)C[C@@H](CO)[C@H](c2cccs2)N1C. The molecule has 0 amide bonds. The lowest BCUT2D eigenvalue weighted by Gasteiger charge is -2.32. The van der Waals surface area contributed by atoms with Gasteiger partial charge in [-0.1, -0.05) is 6.07 Å². The summed E-state index contributed by atoms with van der Waals surface area (Å²) in [7, 11) is 3.34. The molecule has 1 aromatic rings. The number of likely N-dealkylation sites (tertiary alicyclic amines) is 1. The van der Waals surface area contributed by atoms with Crippen molar-refractivity contribution < 1.29 is 14.6 Å². The predicted molar refractivity (Wildman–Crippen MR) is 70.4 cm³/mol. The van der Waals surface area contributed by atoms with E-state index in [1.807, 2.05) is 30.3 Å². The summed E-state index contributed by atoms with van der Waals surface area (Å²) in [5.74, 6) is -0.166. The Labute approximate surface area is 111 Å². The summed E-state index contributed by atoms with van der Waals surface area (Å²) in [6, 6.07) is 4.13. The number of carbonyl (C=O) groups excluding carboxylic acids is 1. The van der Waals surface area contributed by atoms with Gasteiger partial charge in [0, 0.05) is 23.4 Å². The first kappa shape index (κ1) is 13.5. The molecule has 0 spiro atoms. The molecule has 0 aromatic carbocycles. The smallest absolute Gasteiger partial charge is 0.326 e. The van der Waals surface area contributed by atoms with E-state index < -0.39 is 5.54 Å². The van der Waals surface area contributed by atoms with Gasteiger partial charge in [0.2, 0.25) is 0 Å². The number of aliphatic hydroxyl groups excluding tert-OH is 1. The Balaban J connectivity index is 2.34. The molecule has 3 atom stereocenters. The summed E-state index contributed by atoms with van der Waals surface area (Å²) in [6.45, 7) is 1.97. The van der Waals surface area contributed by atoms with Gasteiger partial charge in [0.15, 0.2) is 0 Å². The van der Waals surface area contributed by atoms with Gasteiger partial charge in [0.1, 0.15) is 5.54 Å². The van der Waals surface area contributed by atoms with E-state index in [1.165, 1.54) is 12.0 Å². The molecule has 0 aliphatic carbocycles. The summed E-state index contributed by atoms with van der Waals surface area (Å²) in [5.41, 5.74) is -0.656. The highest BCUT2D eigenvalue weighted by molar-refractivity contribution is 7.10. The average molecular weight is 269 g/mol. The van der Waals surface area contributed by atoms with E-state index in [1.54, 1.807) is 11.3 Å². The lowest BCUT2D eigenvalue weighted by atomic mass is 9.93. The Morgan fingerprint density at radius 3 is 2.94 bits per heavy atom. The van der Waals surface area contributed by atoms with Crippen molar-refractivity contribution in [2.45, 2.75) is 24.9 Å². The highest BCUT2D eigenvalue weighted by Gasteiger charge is 2.52. The standard InChI is InChI=1S/C13H19NO3S/c1-13(12(16)17-3)7-9(8-15)11(14(13)2)10-5-4-6-18-10/h4-6,9,11,15H,7-8H2,1-3H3/t9-,11+,13+/m0/s1. The number of hydrogen-bond donors (Lipinski definition) is 1. The maximum Gasteiger partial charge on any atom is 0.326 e. The summed E-state index contributed by atoms with van der Waals surface area (Å²) < 4.78 is 4.91. The fraction of sp³-hybridized carbons (Fsp3) is 0.615. The molecule has 5 heteroatoms. The van der Waals surface area contributed by atoms with E-state index in [0.717, 1.165) is 0 Å². The van der Waals surface area contributed by atoms with Crippen molar-refractivity contribution in [2.24, 2.45) is 5.92 Å². The van der Waals surface area contributed by atoms with Gasteiger partial charge >= 0.3 is 5.97 Å². The number of hydrogen-bond acceptors (Lipinski definition) is 5. The van der Waals surface area contributed by atoms with Crippen LogP contribution in [0.2, 0.25) is 0 Å². The molecule has 18 heavy (non-hydrogen) atoms. The van der Waals surface area contributed by atoms with Gasteiger partial charge in [-0.15, -0.1) is 11.3 Å². The van der Waals surface area contributed by atoms with Crippen LogP contribution in [0.3, 0.4) is 0 Å². The molecule has 1 fully saturated rings. The summed E-state index contributed by atoms with van der Waals surface area (Å²) >= 11 is 1.66. The molecule has 1 aliphatic rings. The van der Waals surface area contributed by atoms with Crippen molar-refractivity contribution in [3.63, 3.8) is 0 Å². The molecule has 0 radical (unpaired) electrons. The minimum atomic E-state index is -0.656. The van der Waals surface area contributed by atoms with Crippen molar-refractivity contribution in [2.75, 3.05) is 20.8 Å². The van der Waals surface area contributed by atoms with Crippen molar-refractivity contribution in [3.8, 4) is 0 Å². The first-order valence-electron chi connectivity index (χ1n) is 6.00. The number of likely N-dealkylation sites (N-methyl/N-ethyl adjacent to an activating group) is 1. The van der Waals surface area contributed by atoms with Gasteiger partial charge in [-0.3, -0.25) is 9.69 Å². The second-order valence-corrected chi connectivity index (χ2v) is 5.96. The third-order valence-corrected chi connectivity index (χ3v) is 4.94. The third kappa shape index (κ3) is 1.96. The molecule has 1 N–H and O–H groups in total. The third-order valence-electron chi connectivity index (χ3n) is 4.00. The normalized spacial score (nSPS) is 32.7. The Hall–Kier alpha value is -0.910. The van der Waals surface area contributed by atoms with Crippen LogP contribution in [0, 0.1) is 5.92 Å². The zero-order valence-corrected chi connectivity index (χ0v) is 11.7. The van der Waals surface area contributed by atoms with Crippen LogP contribution in [-0.2, 0) is 9.53 Å². The van der Waals surface area contributed by atoms with Crippen LogP contribution in [0.5, 0.6) is 0 Å². The molecule has 1 saturated heterocycles. The van der Waals surface area contributed by atoms with E-state index in [4.69, 9.17) is 4.74 Å². The lowest BCUT2D eigenvalue weighted by Crippen LogP contribution is -2.47. The molecule has 100 valence electrons. The van der Waals surface area contributed by atoms with Crippen LogP contribution < -0.4 is 0 Å². The molecule has 0 unspecified atom stereocenters. The van der Waals surface area contributed by atoms with Crippen LogP contribution in [0.4, 0.5) is 0 Å². The van der Waals surface area contributed by atoms with E-state index in [-0.39, 0.29) is 24.5 Å². The van der Waals surface area contributed by atoms with Gasteiger partial charge in [-0.2, -0.15) is 0 Å². The van der Waals surface area contributed by atoms with Crippen LogP contribution >= 0.6 is 11.3 Å². The minimum absolute atomic E-state index is 0.0674. The number of esters is 1. The van der Waals surface area contributed by atoms with E-state index >= 15 is 0 Å². The minimum Gasteiger partial charge on any atom is -0.468 e. The van der Waals surface area contributed by atoms with Crippen LogP contribution in [-0.4, -0.2) is 42.3 Å². The van der Waals surface area contributed by atoms with Gasteiger partial charge in [-0.25, -0.2) is 0 Å². The largest absolute Gasteiger partial charge is 0.468 e. The second-order valence-electron chi connectivity index (χ2n) is 4.98. The number of aliphatic hydroxyl groups is 1. The molecule has 4 nitrogen and oxygen atoms in total. The molecule has 2 rings (SSSR count). The second kappa shape index (κ2) is 4.99. The maximum atomic E-state index is 12.0. The molecule has 1 aliphatic heterocycles. The zero-order valence-electron chi connectivity index (χ0n) is 10.9. The van der Waals surface area contributed by atoms with Crippen molar-refractivity contribution >= 4 is 17.3 Å². The molecule has 1 aromatic heterocycles. The number of methoxy groups -OCH3 is 1. The summed E-state index contributed by atoms with van der Waals surface area (Å²) in [5, 5.41) is 11.6. The summed E-state index contributed by atoms with van der Waals surface area (Å²) in [4.78, 5) is 15.2. The van der Waals surface area contributed by atoms with Crippen molar-refractivity contribution in [3.05, 3.63) is 22.4 Å². The van der Waals surface area contributed by atoms with E-state index in [9.17, 15) is 9.90 Å². The first-order chi connectivity index (χ1) is 8.54. The molecular formula is C13H19NO3S. The molecule has 0 bridgehead atoms. The van der Waals surface area contributed by atoms with Crippen molar-refractivity contribution in [1.29, 1.82) is 0 Å². The van der Waals surface area contributed by atoms with E-state index in [2.05, 4.69) is 6.07 Å². The van der Waals surface area contributed by atoms with Gasteiger partial charge in [-0.05, 0) is 31.8 Å². The fourth-order valence-corrected chi connectivity index (χ4v) is 3.85. The highest BCUT2D eigenvalue weighted by Crippen LogP contribution is 2.46. The number of carbonyl (C=O) groups is 1. The molecule has 2 heterocycles. The highest BCUT2D eigenvalue weighted by atomic mass is 32.1. The predicted octanol–water partition coefficient (Wildman–Crippen LogP) is 1.66. The number of nitrogens with zero attached hydrogens (tertiary/aromatic N) is 1. The Morgan fingerprint density at radius 2 is 2.44 bits per heavy atom. The van der Waals surface area contributed by atoms with Gasteiger partial charge < -0.3 is 9.84 Å². The Morgan fingerprint density at radius 1 is 1.72 bits per heavy atom. The first-order valence-corrected chi connectivity index (χ1v) is 6.88. The quantitative estimate of drug-likeness (QED) is 0.848. The van der Waals surface area contributed by atoms with Crippen LogP contribution in [0.15, 0.2) is 17.5 Å². The van der Waals surface area contributed by atoms with Crippen molar-refractivity contribution in [1.82, 2.24) is 4.90 Å². The molecule has 0 saturated carbocycles. The Kier molecular flexibility index (Phi) is 3.75. The average Bonchev–Trinajstić information content (AvgIpc) is 2.96. The number of thiophene rings is 1. The number of ether oxygens (including phenoxy) is 1. The Bertz CT molecular complexity index is 420. The monoisotopic (exact) mass is 269 g/mol. The maximum absolute atomic E-state index is 12.0. The number of rotatable bonds is 3. The summed E-state index contributed by atoms with van der Waals surface area (Å²) in [6.07, 6.45) is 0.620. The van der Waals surface area contributed by atoms with E-state index in [0.29, 0.717) is 6.42 Å².